The monoisotopic (exact) mass is 197 g/mol. The molecular formula is C14H15N. The van der Waals surface area contributed by atoms with Crippen LogP contribution in [0.25, 0.3) is 5.70 Å². The summed E-state index contributed by atoms with van der Waals surface area (Å²) >= 11 is 0. The molecule has 0 atom stereocenters. The molecule has 0 unspecified atom stereocenters. The minimum atomic E-state index is 1.03. The molecule has 0 bridgehead atoms. The van der Waals surface area contributed by atoms with Crippen LogP contribution in [0.15, 0.2) is 60.3 Å². The van der Waals surface area contributed by atoms with Crippen molar-refractivity contribution in [2.24, 2.45) is 0 Å². The molecule has 0 saturated carbocycles. The molecule has 1 aromatic carbocycles. The molecule has 76 valence electrons. The van der Waals surface area contributed by atoms with Crippen molar-refractivity contribution in [1.82, 2.24) is 4.90 Å². The lowest BCUT2D eigenvalue weighted by atomic mass is 10.0. The van der Waals surface area contributed by atoms with E-state index in [2.05, 4.69) is 55.8 Å². The first-order chi connectivity index (χ1) is 7.20. The highest BCUT2D eigenvalue weighted by molar-refractivity contribution is 5.72. The van der Waals surface area contributed by atoms with E-state index in [1.807, 2.05) is 12.1 Å². The van der Waals surface area contributed by atoms with E-state index in [0.29, 0.717) is 0 Å². The molecule has 1 aliphatic rings. The molecule has 2 rings (SSSR count). The molecule has 1 nitrogen and oxygen atoms in total. The van der Waals surface area contributed by atoms with Crippen LogP contribution in [0.2, 0.25) is 0 Å². The highest BCUT2D eigenvalue weighted by atomic mass is 15.1. The van der Waals surface area contributed by atoms with Crippen LogP contribution in [0.4, 0.5) is 0 Å². The number of hydrogen-bond acceptors (Lipinski definition) is 1. The normalized spacial score (nSPS) is 16.1. The first kappa shape index (κ1) is 9.78. The summed E-state index contributed by atoms with van der Waals surface area (Å²) in [6.07, 6.45) is 4.16. The van der Waals surface area contributed by atoms with E-state index >= 15 is 0 Å². The molecule has 0 saturated heterocycles. The maximum absolute atomic E-state index is 4.01. The first-order valence-corrected chi connectivity index (χ1v) is 5.07. The van der Waals surface area contributed by atoms with E-state index in [1.165, 1.54) is 16.8 Å². The lowest BCUT2D eigenvalue weighted by molar-refractivity contribution is 0.610. The van der Waals surface area contributed by atoms with E-state index in [9.17, 15) is 0 Å². The average Bonchev–Trinajstić information content (AvgIpc) is 2.26. The second kappa shape index (κ2) is 3.77. The fraction of sp³-hybridized carbons (Fsp3) is 0.143. The molecule has 1 heterocycles. The lowest BCUT2D eigenvalue weighted by Gasteiger charge is -2.28. The first-order valence-electron chi connectivity index (χ1n) is 5.07. The molecule has 1 aromatic rings. The van der Waals surface area contributed by atoms with Crippen LogP contribution in [0.5, 0.6) is 0 Å². The van der Waals surface area contributed by atoms with E-state index < -0.39 is 0 Å². The van der Waals surface area contributed by atoms with Gasteiger partial charge in [-0.05, 0) is 24.1 Å². The molecule has 0 spiro atoms. The van der Waals surface area contributed by atoms with Crippen LogP contribution in [-0.4, -0.2) is 11.9 Å². The summed E-state index contributed by atoms with van der Waals surface area (Å²) in [7, 11) is 2.05. The van der Waals surface area contributed by atoms with Crippen molar-refractivity contribution in [2.45, 2.75) is 6.92 Å². The van der Waals surface area contributed by atoms with Crippen molar-refractivity contribution in [1.29, 1.82) is 0 Å². The van der Waals surface area contributed by atoms with Crippen molar-refractivity contribution in [3.63, 3.8) is 0 Å². The Bertz CT molecular complexity index is 438. The molecular weight excluding hydrogens is 182 g/mol. The quantitative estimate of drug-likeness (QED) is 0.666. The van der Waals surface area contributed by atoms with Gasteiger partial charge in [-0.1, -0.05) is 43.0 Å². The van der Waals surface area contributed by atoms with Crippen molar-refractivity contribution in [3.8, 4) is 0 Å². The van der Waals surface area contributed by atoms with Gasteiger partial charge in [0.25, 0.3) is 0 Å². The fourth-order valence-electron chi connectivity index (χ4n) is 1.84. The Morgan fingerprint density at radius 1 is 1.07 bits per heavy atom. The third-order valence-corrected chi connectivity index (χ3v) is 2.71. The summed E-state index contributed by atoms with van der Waals surface area (Å²) in [5.74, 6) is 0. The van der Waals surface area contributed by atoms with Gasteiger partial charge in [0.1, 0.15) is 0 Å². The molecule has 0 aliphatic carbocycles. The van der Waals surface area contributed by atoms with Gasteiger partial charge in [0.05, 0.1) is 5.70 Å². The predicted octanol–water partition coefficient (Wildman–Crippen LogP) is 3.43. The van der Waals surface area contributed by atoms with Gasteiger partial charge >= 0.3 is 0 Å². The van der Waals surface area contributed by atoms with Gasteiger partial charge in [-0.25, -0.2) is 0 Å². The summed E-state index contributed by atoms with van der Waals surface area (Å²) in [6.45, 7) is 6.14. The molecule has 1 aliphatic heterocycles. The zero-order valence-electron chi connectivity index (χ0n) is 9.20. The molecule has 0 radical (unpaired) electrons. The van der Waals surface area contributed by atoms with Crippen LogP contribution < -0.4 is 0 Å². The minimum Gasteiger partial charge on any atom is -0.344 e. The zero-order valence-corrected chi connectivity index (χ0v) is 9.20. The molecule has 0 N–H and O–H groups in total. The molecule has 1 heteroatoms. The number of benzene rings is 1. The zero-order chi connectivity index (χ0) is 10.8. The average molecular weight is 197 g/mol. The maximum atomic E-state index is 4.01. The highest BCUT2D eigenvalue weighted by Gasteiger charge is 2.14. The Morgan fingerprint density at radius 2 is 1.73 bits per heavy atom. The Morgan fingerprint density at radius 3 is 2.40 bits per heavy atom. The van der Waals surface area contributed by atoms with Gasteiger partial charge in [-0.15, -0.1) is 0 Å². The predicted molar refractivity (Wildman–Crippen MR) is 65.1 cm³/mol. The summed E-state index contributed by atoms with van der Waals surface area (Å²) in [5, 5.41) is 0. The third kappa shape index (κ3) is 1.73. The van der Waals surface area contributed by atoms with Gasteiger partial charge in [-0.3, -0.25) is 0 Å². The van der Waals surface area contributed by atoms with Crippen molar-refractivity contribution in [2.75, 3.05) is 7.05 Å². The number of nitrogens with zero attached hydrogens (tertiary/aromatic N) is 1. The van der Waals surface area contributed by atoms with E-state index in [0.717, 1.165) is 5.70 Å². The second-order valence-corrected chi connectivity index (χ2v) is 3.78. The summed E-state index contributed by atoms with van der Waals surface area (Å²) in [4.78, 5) is 2.13. The van der Waals surface area contributed by atoms with Crippen LogP contribution in [0.3, 0.4) is 0 Å². The standard InChI is InChI=1S/C14H15N/c1-11-9-10-12(2)15(3)14(11)13-7-5-4-6-8-13/h4-10H,2H2,1,3H3. The van der Waals surface area contributed by atoms with Crippen molar-refractivity contribution in [3.05, 3.63) is 65.9 Å². The Labute approximate surface area is 91.0 Å². The number of rotatable bonds is 1. The fourth-order valence-corrected chi connectivity index (χ4v) is 1.84. The third-order valence-electron chi connectivity index (χ3n) is 2.71. The van der Waals surface area contributed by atoms with Crippen molar-refractivity contribution < 1.29 is 0 Å². The minimum absolute atomic E-state index is 1.03. The number of likely N-dealkylation sites (N-methyl/N-ethyl adjacent to an activating group) is 1. The van der Waals surface area contributed by atoms with Crippen LogP contribution in [0, 0.1) is 0 Å². The Balaban J connectivity index is 2.51. The van der Waals surface area contributed by atoms with Gasteiger partial charge in [0.2, 0.25) is 0 Å². The van der Waals surface area contributed by atoms with Gasteiger partial charge in [0, 0.05) is 12.7 Å². The SMILES string of the molecule is C=C1C=CC(C)=C(c2ccccc2)N1C. The van der Waals surface area contributed by atoms with Crippen LogP contribution in [0.1, 0.15) is 12.5 Å². The highest BCUT2D eigenvalue weighted by Crippen LogP contribution is 2.29. The van der Waals surface area contributed by atoms with Crippen LogP contribution >= 0.6 is 0 Å². The molecule has 0 fully saturated rings. The van der Waals surface area contributed by atoms with Crippen molar-refractivity contribution >= 4 is 5.70 Å². The van der Waals surface area contributed by atoms with Crippen LogP contribution in [-0.2, 0) is 0 Å². The topological polar surface area (TPSA) is 3.24 Å². The summed E-state index contributed by atoms with van der Waals surface area (Å²) in [6, 6.07) is 10.4. The Kier molecular flexibility index (Phi) is 2.46. The summed E-state index contributed by atoms with van der Waals surface area (Å²) < 4.78 is 0. The van der Waals surface area contributed by atoms with Gasteiger partial charge < -0.3 is 4.90 Å². The smallest absolute Gasteiger partial charge is 0.0511 e. The van der Waals surface area contributed by atoms with E-state index in [1.54, 1.807) is 0 Å². The molecule has 0 amide bonds. The van der Waals surface area contributed by atoms with E-state index in [4.69, 9.17) is 0 Å². The number of allylic oxidation sites excluding steroid dienone is 3. The second-order valence-electron chi connectivity index (χ2n) is 3.78. The van der Waals surface area contributed by atoms with Gasteiger partial charge in [0.15, 0.2) is 0 Å². The van der Waals surface area contributed by atoms with Gasteiger partial charge in [-0.2, -0.15) is 0 Å². The number of hydrogen-bond donors (Lipinski definition) is 0. The lowest BCUT2D eigenvalue weighted by Crippen LogP contribution is -2.18. The summed E-state index contributed by atoms with van der Waals surface area (Å²) in [5.41, 5.74) is 4.78. The molecule has 15 heavy (non-hydrogen) atoms. The maximum Gasteiger partial charge on any atom is 0.0511 e. The van der Waals surface area contributed by atoms with E-state index in [-0.39, 0.29) is 0 Å². The molecule has 0 aromatic heterocycles. The Hall–Kier alpha value is -1.76. The largest absolute Gasteiger partial charge is 0.344 e.